The van der Waals surface area contributed by atoms with Crippen molar-refractivity contribution in [1.82, 2.24) is 0 Å². The van der Waals surface area contributed by atoms with Crippen molar-refractivity contribution in [2.24, 2.45) is 5.73 Å². The molecule has 4 N–H and O–H groups in total. The Morgan fingerprint density at radius 2 is 2.32 bits per heavy atom. The summed E-state index contributed by atoms with van der Waals surface area (Å²) < 4.78 is 14.1. The van der Waals surface area contributed by atoms with E-state index >= 15 is 0 Å². The Labute approximate surface area is 112 Å². The molecule has 0 aliphatic carbocycles. The predicted octanol–water partition coefficient (Wildman–Crippen LogP) is 1.85. The smallest absolute Gasteiger partial charge is 0.147 e. The molecule has 1 aromatic rings. The van der Waals surface area contributed by atoms with Gasteiger partial charge in [-0.2, -0.15) is 0 Å². The van der Waals surface area contributed by atoms with Crippen LogP contribution in [-0.2, 0) is 0 Å². The van der Waals surface area contributed by atoms with Gasteiger partial charge >= 0.3 is 0 Å². The zero-order valence-electron chi connectivity index (χ0n) is 10.9. The van der Waals surface area contributed by atoms with Crippen LogP contribution < -0.4 is 10.6 Å². The van der Waals surface area contributed by atoms with E-state index in [1.165, 1.54) is 6.07 Å². The summed E-state index contributed by atoms with van der Waals surface area (Å²) in [6.07, 6.45) is 3.70. The molecule has 0 saturated carbocycles. The van der Waals surface area contributed by atoms with E-state index in [9.17, 15) is 4.39 Å². The number of aliphatic hydroxyl groups excluding tert-OH is 1. The van der Waals surface area contributed by atoms with E-state index in [0.29, 0.717) is 17.3 Å². The number of nitrogens with two attached hydrogens (primary N) is 1. The second-order valence-corrected chi connectivity index (χ2v) is 4.94. The van der Waals surface area contributed by atoms with Crippen LogP contribution in [0.25, 0.3) is 0 Å². The highest BCUT2D eigenvalue weighted by Gasteiger charge is 2.26. The summed E-state index contributed by atoms with van der Waals surface area (Å²) in [5, 5.41) is 16.2. The Balaban J connectivity index is 2.18. The molecule has 0 radical (unpaired) electrons. The van der Waals surface area contributed by atoms with Gasteiger partial charge in [0.2, 0.25) is 0 Å². The molecule has 0 aromatic heterocycles. The molecule has 1 aromatic carbocycles. The van der Waals surface area contributed by atoms with Crippen LogP contribution in [0.3, 0.4) is 0 Å². The van der Waals surface area contributed by atoms with Crippen LogP contribution in [0, 0.1) is 11.2 Å². The van der Waals surface area contributed by atoms with Crippen molar-refractivity contribution in [2.75, 3.05) is 18.1 Å². The van der Waals surface area contributed by atoms with Gasteiger partial charge in [0, 0.05) is 24.8 Å². The van der Waals surface area contributed by atoms with Gasteiger partial charge in [-0.05, 0) is 43.9 Å². The van der Waals surface area contributed by atoms with E-state index in [1.807, 2.05) is 0 Å². The molecule has 1 atom stereocenters. The lowest BCUT2D eigenvalue weighted by Crippen LogP contribution is -2.30. The molecule has 5 heteroatoms. The fourth-order valence-electron chi connectivity index (χ4n) is 2.69. The summed E-state index contributed by atoms with van der Waals surface area (Å²) in [6, 6.07) is 5.00. The summed E-state index contributed by atoms with van der Waals surface area (Å²) in [5.74, 6) is -0.452. The Bertz CT molecular complexity index is 464. The summed E-state index contributed by atoms with van der Waals surface area (Å²) >= 11 is 0. The second kappa shape index (κ2) is 6.02. The quantitative estimate of drug-likeness (QED) is 0.562. The number of rotatable bonds is 5. The fourth-order valence-corrected chi connectivity index (χ4v) is 2.69. The van der Waals surface area contributed by atoms with Crippen molar-refractivity contribution in [2.45, 2.75) is 31.7 Å². The molecule has 0 spiro atoms. The van der Waals surface area contributed by atoms with Crippen molar-refractivity contribution >= 4 is 11.5 Å². The standard InChI is InChI=1S/C14H20FN3O/c15-12-9-10(14(16)17)5-6-13(12)18-7-1-3-11(18)4-2-8-19/h5-6,9,11,19H,1-4,7-8H2,(H3,16,17). The van der Waals surface area contributed by atoms with Crippen LogP contribution in [0.1, 0.15) is 31.2 Å². The largest absolute Gasteiger partial charge is 0.396 e. The molecule has 1 unspecified atom stereocenters. The second-order valence-electron chi connectivity index (χ2n) is 4.94. The normalized spacial score (nSPS) is 18.8. The summed E-state index contributed by atoms with van der Waals surface area (Å²) in [7, 11) is 0. The number of hydrogen-bond acceptors (Lipinski definition) is 3. The zero-order chi connectivity index (χ0) is 13.8. The molecule has 1 saturated heterocycles. The molecule has 1 fully saturated rings. The van der Waals surface area contributed by atoms with Gasteiger partial charge in [0.25, 0.3) is 0 Å². The average Bonchev–Trinajstić information content (AvgIpc) is 2.84. The third kappa shape index (κ3) is 3.04. The Morgan fingerprint density at radius 1 is 1.53 bits per heavy atom. The van der Waals surface area contributed by atoms with Crippen LogP contribution in [0.15, 0.2) is 18.2 Å². The van der Waals surface area contributed by atoms with Gasteiger partial charge in [0.15, 0.2) is 0 Å². The third-order valence-corrected chi connectivity index (χ3v) is 3.64. The molecule has 19 heavy (non-hydrogen) atoms. The third-order valence-electron chi connectivity index (χ3n) is 3.64. The lowest BCUT2D eigenvalue weighted by Gasteiger charge is -2.27. The van der Waals surface area contributed by atoms with Crippen LogP contribution in [0.5, 0.6) is 0 Å². The Hall–Kier alpha value is -1.62. The molecule has 1 heterocycles. The minimum atomic E-state index is -0.330. The fraction of sp³-hybridized carbons (Fsp3) is 0.500. The highest BCUT2D eigenvalue weighted by atomic mass is 19.1. The molecule has 1 aliphatic rings. The zero-order valence-corrected chi connectivity index (χ0v) is 10.9. The number of amidine groups is 1. The monoisotopic (exact) mass is 265 g/mol. The van der Waals surface area contributed by atoms with Crippen LogP contribution in [-0.4, -0.2) is 30.1 Å². The van der Waals surface area contributed by atoms with E-state index in [-0.39, 0.29) is 18.3 Å². The van der Waals surface area contributed by atoms with Crippen LogP contribution in [0.4, 0.5) is 10.1 Å². The maximum atomic E-state index is 14.1. The summed E-state index contributed by atoms with van der Waals surface area (Å²) in [6.45, 7) is 1.02. The highest BCUT2D eigenvalue weighted by molar-refractivity contribution is 5.95. The molecule has 0 amide bonds. The highest BCUT2D eigenvalue weighted by Crippen LogP contribution is 2.30. The molecule has 2 rings (SSSR count). The number of nitrogens with zero attached hydrogens (tertiary/aromatic N) is 1. The first-order valence-electron chi connectivity index (χ1n) is 6.65. The van der Waals surface area contributed by atoms with Gasteiger partial charge in [-0.3, -0.25) is 5.41 Å². The van der Waals surface area contributed by atoms with E-state index in [0.717, 1.165) is 32.2 Å². The number of nitrogen functional groups attached to an aromatic ring is 1. The number of hydrogen-bond donors (Lipinski definition) is 3. The van der Waals surface area contributed by atoms with Gasteiger partial charge in [0.05, 0.1) is 5.69 Å². The molecule has 104 valence electrons. The lowest BCUT2D eigenvalue weighted by atomic mass is 10.1. The summed E-state index contributed by atoms with van der Waals surface area (Å²) in [5.41, 5.74) is 6.34. The van der Waals surface area contributed by atoms with Crippen LogP contribution >= 0.6 is 0 Å². The van der Waals surface area contributed by atoms with Crippen molar-refractivity contribution in [3.05, 3.63) is 29.6 Å². The summed E-state index contributed by atoms with van der Waals surface area (Å²) in [4.78, 5) is 2.06. The maximum Gasteiger partial charge on any atom is 0.147 e. The van der Waals surface area contributed by atoms with Gasteiger partial charge in [-0.25, -0.2) is 4.39 Å². The molecular formula is C14H20FN3O. The number of halogens is 1. The van der Waals surface area contributed by atoms with Crippen molar-refractivity contribution in [1.29, 1.82) is 5.41 Å². The lowest BCUT2D eigenvalue weighted by molar-refractivity contribution is 0.279. The van der Waals surface area contributed by atoms with E-state index in [1.54, 1.807) is 12.1 Å². The van der Waals surface area contributed by atoms with Gasteiger partial charge in [0.1, 0.15) is 11.7 Å². The SMILES string of the molecule is N=C(N)c1ccc(N2CCCC2CCCO)c(F)c1. The van der Waals surface area contributed by atoms with Gasteiger partial charge in [-0.1, -0.05) is 0 Å². The number of nitrogens with one attached hydrogen (secondary N) is 1. The Morgan fingerprint density at radius 3 is 2.95 bits per heavy atom. The van der Waals surface area contributed by atoms with Crippen molar-refractivity contribution in [3.8, 4) is 0 Å². The maximum absolute atomic E-state index is 14.1. The Kier molecular flexibility index (Phi) is 4.37. The first-order valence-corrected chi connectivity index (χ1v) is 6.65. The molecular weight excluding hydrogens is 245 g/mol. The first kappa shape index (κ1) is 13.8. The van der Waals surface area contributed by atoms with E-state index in [2.05, 4.69) is 4.90 Å². The average molecular weight is 265 g/mol. The van der Waals surface area contributed by atoms with Crippen molar-refractivity contribution in [3.63, 3.8) is 0 Å². The van der Waals surface area contributed by atoms with E-state index in [4.69, 9.17) is 16.2 Å². The topological polar surface area (TPSA) is 73.3 Å². The number of anilines is 1. The molecule has 4 nitrogen and oxygen atoms in total. The number of benzene rings is 1. The van der Waals surface area contributed by atoms with Gasteiger partial charge < -0.3 is 15.7 Å². The number of aliphatic hydroxyl groups is 1. The van der Waals surface area contributed by atoms with E-state index < -0.39 is 0 Å². The first-order chi connectivity index (χ1) is 9.13. The van der Waals surface area contributed by atoms with Crippen molar-refractivity contribution < 1.29 is 9.50 Å². The molecule has 0 bridgehead atoms. The minimum Gasteiger partial charge on any atom is -0.396 e. The van der Waals surface area contributed by atoms with Gasteiger partial charge in [-0.15, -0.1) is 0 Å². The minimum absolute atomic E-state index is 0.122. The predicted molar refractivity (Wildman–Crippen MR) is 74.1 cm³/mol. The van der Waals surface area contributed by atoms with Crippen LogP contribution in [0.2, 0.25) is 0 Å². The molecule has 1 aliphatic heterocycles.